The van der Waals surface area contributed by atoms with E-state index in [4.69, 9.17) is 9.47 Å². The molecule has 0 aliphatic carbocycles. The van der Waals surface area contributed by atoms with E-state index in [1.54, 1.807) is 17.3 Å². The molecule has 1 aromatic heterocycles. The Morgan fingerprint density at radius 3 is 2.95 bits per heavy atom. The first-order chi connectivity index (χ1) is 9.69. The van der Waals surface area contributed by atoms with E-state index >= 15 is 0 Å². The highest BCUT2D eigenvalue weighted by atomic mass is 79.9. The second-order valence-corrected chi connectivity index (χ2v) is 5.46. The lowest BCUT2D eigenvalue weighted by Crippen LogP contribution is -2.45. The van der Waals surface area contributed by atoms with Crippen molar-refractivity contribution in [3.63, 3.8) is 0 Å². The summed E-state index contributed by atoms with van der Waals surface area (Å²) in [6.45, 7) is 3.88. The van der Waals surface area contributed by atoms with Crippen molar-refractivity contribution in [2.75, 3.05) is 26.3 Å². The molecule has 1 amide bonds. The zero-order valence-corrected chi connectivity index (χ0v) is 13.0. The van der Waals surface area contributed by atoms with Crippen molar-refractivity contribution in [1.82, 2.24) is 14.9 Å². The minimum atomic E-state index is -0.0597. The summed E-state index contributed by atoms with van der Waals surface area (Å²) in [7, 11) is 0. The Labute approximate surface area is 126 Å². The Hall–Kier alpha value is -1.21. The first-order valence-electron chi connectivity index (χ1n) is 6.68. The summed E-state index contributed by atoms with van der Waals surface area (Å²) in [6.07, 6.45) is 5.04. The number of likely N-dealkylation sites (tertiary alicyclic amines) is 1. The van der Waals surface area contributed by atoms with Gasteiger partial charge in [-0.25, -0.2) is 9.97 Å². The summed E-state index contributed by atoms with van der Waals surface area (Å²) < 4.78 is 11.7. The second kappa shape index (κ2) is 7.54. The summed E-state index contributed by atoms with van der Waals surface area (Å²) in [5, 5.41) is 0. The van der Waals surface area contributed by atoms with E-state index < -0.39 is 0 Å². The van der Waals surface area contributed by atoms with E-state index in [1.165, 1.54) is 0 Å². The molecule has 0 N–H and O–H groups in total. The fraction of sp³-hybridized carbons (Fsp3) is 0.615. The van der Waals surface area contributed by atoms with Crippen LogP contribution in [0.2, 0.25) is 0 Å². The highest BCUT2D eigenvalue weighted by Crippen LogP contribution is 2.16. The van der Waals surface area contributed by atoms with Gasteiger partial charge in [-0.15, -0.1) is 0 Å². The minimum absolute atomic E-state index is 0.0110. The largest absolute Gasteiger partial charge is 0.458 e. The lowest BCUT2D eigenvalue weighted by Gasteiger charge is -2.32. The van der Waals surface area contributed by atoms with Gasteiger partial charge in [-0.1, -0.05) is 0 Å². The van der Waals surface area contributed by atoms with E-state index in [9.17, 15) is 4.79 Å². The Bertz CT molecular complexity index is 441. The fourth-order valence-corrected chi connectivity index (χ4v) is 2.26. The summed E-state index contributed by atoms with van der Waals surface area (Å²) in [5.41, 5.74) is 0. The normalized spacial score (nSPS) is 18.9. The van der Waals surface area contributed by atoms with Crippen LogP contribution in [0, 0.1) is 0 Å². The monoisotopic (exact) mass is 343 g/mol. The number of carbonyl (C=O) groups excluding carboxylic acids is 1. The Balaban J connectivity index is 1.86. The fourth-order valence-electron chi connectivity index (χ4n) is 2.05. The number of carbonyl (C=O) groups is 1. The molecule has 1 atom stereocenters. The molecule has 0 aromatic carbocycles. The molecule has 1 aliphatic rings. The van der Waals surface area contributed by atoms with Crippen LogP contribution in [0.3, 0.4) is 0 Å². The van der Waals surface area contributed by atoms with Crippen molar-refractivity contribution >= 4 is 21.8 Å². The van der Waals surface area contributed by atoms with Crippen LogP contribution in [-0.2, 0) is 9.53 Å². The molecule has 0 saturated carbocycles. The third-order valence-corrected chi connectivity index (χ3v) is 3.44. The molecule has 2 rings (SSSR count). The van der Waals surface area contributed by atoms with Crippen LogP contribution in [0.4, 0.5) is 0 Å². The van der Waals surface area contributed by atoms with Gasteiger partial charge >= 0.3 is 6.01 Å². The topological polar surface area (TPSA) is 64.5 Å². The molecule has 0 spiro atoms. The molecular formula is C13H18BrN3O3. The lowest BCUT2D eigenvalue weighted by atomic mass is 10.1. The molecule has 1 aliphatic heterocycles. The molecule has 6 nitrogen and oxygen atoms in total. The first kappa shape index (κ1) is 15.2. The van der Waals surface area contributed by atoms with Crippen molar-refractivity contribution in [1.29, 1.82) is 0 Å². The number of hydrogen-bond donors (Lipinski definition) is 0. The number of amides is 1. The predicted molar refractivity (Wildman–Crippen MR) is 76.5 cm³/mol. The maximum Gasteiger partial charge on any atom is 0.316 e. The number of hydrogen-bond acceptors (Lipinski definition) is 5. The van der Waals surface area contributed by atoms with Gasteiger partial charge in [0.05, 0.1) is 11.0 Å². The molecule has 0 unspecified atom stereocenters. The van der Waals surface area contributed by atoms with Gasteiger partial charge in [0.2, 0.25) is 5.91 Å². The lowest BCUT2D eigenvalue weighted by molar-refractivity contribution is -0.138. The van der Waals surface area contributed by atoms with E-state index in [1.807, 2.05) is 6.92 Å². The van der Waals surface area contributed by atoms with E-state index in [2.05, 4.69) is 25.9 Å². The van der Waals surface area contributed by atoms with Crippen molar-refractivity contribution in [2.24, 2.45) is 0 Å². The molecule has 110 valence electrons. The smallest absolute Gasteiger partial charge is 0.316 e. The van der Waals surface area contributed by atoms with E-state index in [0.29, 0.717) is 19.2 Å². The molecule has 1 aromatic rings. The van der Waals surface area contributed by atoms with E-state index in [-0.39, 0.29) is 18.6 Å². The Kier molecular flexibility index (Phi) is 5.72. The summed E-state index contributed by atoms with van der Waals surface area (Å²) >= 11 is 3.28. The molecule has 1 fully saturated rings. The molecular weight excluding hydrogens is 326 g/mol. The van der Waals surface area contributed by atoms with E-state index in [0.717, 1.165) is 23.9 Å². The number of rotatable bonds is 5. The van der Waals surface area contributed by atoms with Gasteiger partial charge in [0.15, 0.2) is 0 Å². The van der Waals surface area contributed by atoms with Gasteiger partial charge in [-0.05, 0) is 35.7 Å². The predicted octanol–water partition coefficient (Wildman–Crippen LogP) is 1.65. The van der Waals surface area contributed by atoms with Crippen LogP contribution >= 0.6 is 15.9 Å². The van der Waals surface area contributed by atoms with Gasteiger partial charge in [-0.2, -0.15) is 0 Å². The molecule has 7 heteroatoms. The highest BCUT2D eigenvalue weighted by Gasteiger charge is 2.25. The third kappa shape index (κ3) is 4.42. The van der Waals surface area contributed by atoms with Crippen LogP contribution in [-0.4, -0.2) is 53.2 Å². The standard InChI is InChI=1S/C13H18BrN3O3/c1-2-19-9-12(18)17-5-3-4-11(8-17)20-13-15-6-10(14)7-16-13/h6-7,11H,2-5,8-9H2,1H3/t11-/m1/s1. The summed E-state index contributed by atoms with van der Waals surface area (Å²) in [5.74, 6) is 0.0110. The molecule has 0 bridgehead atoms. The van der Waals surface area contributed by atoms with Crippen LogP contribution in [0.1, 0.15) is 19.8 Å². The summed E-state index contributed by atoms with van der Waals surface area (Å²) in [4.78, 5) is 21.9. The zero-order valence-electron chi connectivity index (χ0n) is 11.4. The number of nitrogens with zero attached hydrogens (tertiary/aromatic N) is 3. The quantitative estimate of drug-likeness (QED) is 0.813. The first-order valence-corrected chi connectivity index (χ1v) is 7.48. The van der Waals surface area contributed by atoms with Crippen molar-refractivity contribution in [3.8, 4) is 6.01 Å². The average molecular weight is 344 g/mol. The molecule has 20 heavy (non-hydrogen) atoms. The van der Waals surface area contributed by atoms with Crippen LogP contribution in [0.25, 0.3) is 0 Å². The van der Waals surface area contributed by atoms with Crippen LogP contribution in [0.15, 0.2) is 16.9 Å². The second-order valence-electron chi connectivity index (χ2n) is 4.54. The third-order valence-electron chi connectivity index (χ3n) is 3.03. The number of aromatic nitrogens is 2. The maximum atomic E-state index is 11.9. The minimum Gasteiger partial charge on any atom is -0.458 e. The van der Waals surface area contributed by atoms with Gasteiger partial charge < -0.3 is 14.4 Å². The van der Waals surface area contributed by atoms with Crippen LogP contribution in [0.5, 0.6) is 6.01 Å². The molecule has 1 saturated heterocycles. The maximum absolute atomic E-state index is 11.9. The Morgan fingerprint density at radius 2 is 2.25 bits per heavy atom. The summed E-state index contributed by atoms with van der Waals surface area (Å²) in [6, 6.07) is 0.345. The SMILES string of the molecule is CCOCC(=O)N1CCC[C@@H](Oc2ncc(Br)cn2)C1. The van der Waals surface area contributed by atoms with Crippen molar-refractivity contribution in [3.05, 3.63) is 16.9 Å². The van der Waals surface area contributed by atoms with Gasteiger partial charge in [0.1, 0.15) is 12.7 Å². The van der Waals surface area contributed by atoms with Gasteiger partial charge in [0.25, 0.3) is 0 Å². The number of piperidine rings is 1. The number of ether oxygens (including phenoxy) is 2. The molecule has 2 heterocycles. The van der Waals surface area contributed by atoms with Crippen LogP contribution < -0.4 is 4.74 Å². The van der Waals surface area contributed by atoms with Gasteiger partial charge in [-0.3, -0.25) is 4.79 Å². The van der Waals surface area contributed by atoms with Crippen molar-refractivity contribution in [2.45, 2.75) is 25.9 Å². The Morgan fingerprint density at radius 1 is 1.50 bits per heavy atom. The number of halogens is 1. The molecule has 0 radical (unpaired) electrons. The average Bonchev–Trinajstić information content (AvgIpc) is 2.47. The van der Waals surface area contributed by atoms with Gasteiger partial charge in [0, 0.05) is 25.5 Å². The highest BCUT2D eigenvalue weighted by molar-refractivity contribution is 9.10. The van der Waals surface area contributed by atoms with Crippen molar-refractivity contribution < 1.29 is 14.3 Å². The zero-order chi connectivity index (χ0) is 14.4.